The molecular weight excluding hydrogens is 497 g/mol. The van der Waals surface area contributed by atoms with Crippen molar-refractivity contribution in [3.63, 3.8) is 0 Å². The number of hydrogen-bond acceptors (Lipinski definition) is 5. The summed E-state index contributed by atoms with van der Waals surface area (Å²) in [6.45, 7) is 3.21. The average Bonchev–Trinajstić information content (AvgIpc) is 3.46. The molecule has 5 rings (SSSR count). The molecule has 2 aromatic carbocycles. The summed E-state index contributed by atoms with van der Waals surface area (Å²) < 4.78 is 18.8. The highest BCUT2D eigenvalue weighted by Crippen LogP contribution is 2.46. The molecule has 1 aliphatic rings. The van der Waals surface area contributed by atoms with Crippen molar-refractivity contribution >= 4 is 62.8 Å². The molecule has 0 saturated carbocycles. The molecule has 0 bridgehead atoms. The Morgan fingerprint density at radius 3 is 2.73 bits per heavy atom. The smallest absolute Gasteiger partial charge is 0.271 e. The molecule has 1 aliphatic heterocycles. The van der Waals surface area contributed by atoms with Crippen LogP contribution in [0, 0.1) is 5.82 Å². The van der Waals surface area contributed by atoms with Gasteiger partial charge in [-0.3, -0.25) is 9.36 Å². The number of benzene rings is 2. The van der Waals surface area contributed by atoms with E-state index in [1.807, 2.05) is 48.3 Å². The number of fused-ring (bicyclic) bond motifs is 1. The van der Waals surface area contributed by atoms with E-state index < -0.39 is 0 Å². The lowest BCUT2D eigenvalue weighted by Gasteiger charge is -2.12. The van der Waals surface area contributed by atoms with Crippen molar-refractivity contribution in [3.05, 3.63) is 95.0 Å². The Morgan fingerprint density at radius 2 is 1.97 bits per heavy atom. The summed E-state index contributed by atoms with van der Waals surface area (Å²) in [6, 6.07) is 12.3. The molecule has 0 fully saturated rings. The summed E-state index contributed by atoms with van der Waals surface area (Å²) in [5, 5.41) is 4.66. The van der Waals surface area contributed by atoms with Gasteiger partial charge in [-0.15, -0.1) is 11.3 Å². The number of nitrogens with zero attached hydrogens (tertiary/aromatic N) is 3. The van der Waals surface area contributed by atoms with Crippen molar-refractivity contribution in [1.29, 1.82) is 0 Å². The third-order valence-corrected chi connectivity index (χ3v) is 9.00. The number of thiazole rings is 2. The van der Waals surface area contributed by atoms with Gasteiger partial charge in [-0.25, -0.2) is 4.39 Å². The molecule has 9 heteroatoms. The van der Waals surface area contributed by atoms with Crippen molar-refractivity contribution in [2.24, 2.45) is 0 Å². The van der Waals surface area contributed by atoms with Gasteiger partial charge in [-0.1, -0.05) is 34.7 Å². The van der Waals surface area contributed by atoms with E-state index in [0.29, 0.717) is 18.1 Å². The van der Waals surface area contributed by atoms with Gasteiger partial charge < -0.3 is 4.90 Å². The topological polar surface area (TPSA) is 29.1 Å². The predicted octanol–water partition coefficient (Wildman–Crippen LogP) is 4.26. The Morgan fingerprint density at radius 1 is 1.18 bits per heavy atom. The predicted molar refractivity (Wildman–Crippen MR) is 136 cm³/mol. The van der Waals surface area contributed by atoms with Gasteiger partial charge in [0.1, 0.15) is 20.0 Å². The molecule has 2 aromatic heterocycles. The summed E-state index contributed by atoms with van der Waals surface area (Å²) in [4.78, 5) is 16.5. The number of rotatable bonds is 4. The molecule has 0 saturated heterocycles. The van der Waals surface area contributed by atoms with Crippen LogP contribution in [0.25, 0.3) is 11.1 Å². The molecule has 4 aromatic rings. The third-order valence-electron chi connectivity index (χ3n) is 5.44. The molecule has 3 heterocycles. The molecule has 0 aliphatic carbocycles. The second-order valence-corrected chi connectivity index (χ2v) is 11.0. The molecular formula is C24H20ClFN3OS3+. The number of hydrogen-bond donors (Lipinski definition) is 0. The van der Waals surface area contributed by atoms with Crippen molar-refractivity contribution in [1.82, 2.24) is 4.57 Å². The Labute approximate surface area is 207 Å². The van der Waals surface area contributed by atoms with E-state index in [1.165, 1.54) is 23.5 Å². The molecule has 168 valence electrons. The van der Waals surface area contributed by atoms with Crippen LogP contribution in [0.4, 0.5) is 10.1 Å². The van der Waals surface area contributed by atoms with E-state index in [2.05, 4.69) is 15.5 Å². The second kappa shape index (κ2) is 9.10. The normalized spacial score (nSPS) is 15.4. The molecule has 33 heavy (non-hydrogen) atoms. The SMILES string of the molecule is CCn1c(=O)/c(=C2\Sc3cc(Cl)ccc3N2C)s/c1=C\c1scc[n+]1Cc1ccc(F)cc1. The van der Waals surface area contributed by atoms with Gasteiger partial charge in [-0.2, -0.15) is 4.57 Å². The van der Waals surface area contributed by atoms with Crippen LogP contribution in [-0.2, 0) is 13.1 Å². The quantitative estimate of drug-likeness (QED) is 0.380. The van der Waals surface area contributed by atoms with Gasteiger partial charge in [0.25, 0.3) is 10.6 Å². The molecule has 0 radical (unpaired) electrons. The summed E-state index contributed by atoms with van der Waals surface area (Å²) in [5.74, 6) is -0.240. The van der Waals surface area contributed by atoms with Gasteiger partial charge >= 0.3 is 0 Å². The standard InChI is InChI=1S/C24H20ClFN3OS3/c1-3-29-21(13-20-28(10-11-31-20)14-15-4-7-17(26)8-5-15)33-22(23(29)30)24-27(2)18-9-6-16(25)12-19(18)32-24/h4-13H,3,14H2,1-2H3/q+1/b24-22+. The number of aromatic nitrogens is 2. The molecule has 0 atom stereocenters. The zero-order chi connectivity index (χ0) is 23.1. The Bertz CT molecular complexity index is 1520. The highest BCUT2D eigenvalue weighted by atomic mass is 35.5. The Kier molecular flexibility index (Phi) is 6.18. The van der Waals surface area contributed by atoms with Crippen LogP contribution in [0.5, 0.6) is 0 Å². The second-order valence-electron chi connectivity index (χ2n) is 7.54. The Balaban J connectivity index is 1.59. The van der Waals surface area contributed by atoms with Crippen LogP contribution < -0.4 is 24.2 Å². The van der Waals surface area contributed by atoms with E-state index in [4.69, 9.17) is 11.6 Å². The minimum Gasteiger partial charge on any atom is -0.337 e. The maximum absolute atomic E-state index is 13.3. The summed E-state index contributed by atoms with van der Waals surface area (Å²) in [6.07, 6.45) is 4.08. The highest BCUT2D eigenvalue weighted by molar-refractivity contribution is 8.08. The molecule has 0 N–H and O–H groups in total. The van der Waals surface area contributed by atoms with Gasteiger partial charge in [0, 0.05) is 29.1 Å². The van der Waals surface area contributed by atoms with Crippen molar-refractivity contribution < 1.29 is 8.96 Å². The van der Waals surface area contributed by atoms with Crippen LogP contribution in [0.3, 0.4) is 0 Å². The first kappa shape index (κ1) is 22.4. The molecule has 0 spiro atoms. The number of halogens is 2. The largest absolute Gasteiger partial charge is 0.337 e. The molecule has 0 unspecified atom stereocenters. The van der Waals surface area contributed by atoms with Crippen LogP contribution in [-0.4, -0.2) is 11.6 Å². The van der Waals surface area contributed by atoms with Crippen molar-refractivity contribution in [3.8, 4) is 0 Å². The fourth-order valence-electron chi connectivity index (χ4n) is 3.75. The lowest BCUT2D eigenvalue weighted by atomic mass is 10.2. The van der Waals surface area contributed by atoms with E-state index in [-0.39, 0.29) is 11.4 Å². The monoisotopic (exact) mass is 516 g/mol. The first-order chi connectivity index (χ1) is 15.9. The molecule has 0 amide bonds. The van der Waals surface area contributed by atoms with Gasteiger partial charge in [0.15, 0.2) is 12.7 Å². The van der Waals surface area contributed by atoms with E-state index in [9.17, 15) is 9.18 Å². The number of thioether (sulfide) groups is 1. The summed E-state index contributed by atoms with van der Waals surface area (Å²) >= 11 is 10.9. The van der Waals surface area contributed by atoms with Gasteiger partial charge in [0.05, 0.1) is 17.1 Å². The first-order valence-corrected chi connectivity index (χ1v) is 13.2. The van der Waals surface area contributed by atoms with E-state index >= 15 is 0 Å². The van der Waals surface area contributed by atoms with Crippen molar-refractivity contribution in [2.75, 3.05) is 11.9 Å². The van der Waals surface area contributed by atoms with Crippen LogP contribution >= 0.6 is 46.0 Å². The Hall–Kier alpha value is -2.39. The van der Waals surface area contributed by atoms with Crippen LogP contribution in [0.2, 0.25) is 5.02 Å². The lowest BCUT2D eigenvalue weighted by molar-refractivity contribution is -0.685. The maximum Gasteiger partial charge on any atom is 0.271 e. The van der Waals surface area contributed by atoms with Crippen molar-refractivity contribution in [2.45, 2.75) is 24.9 Å². The van der Waals surface area contributed by atoms with Gasteiger partial charge in [-0.05, 0) is 49.4 Å². The number of anilines is 1. The minimum atomic E-state index is -0.240. The molecule has 4 nitrogen and oxygen atoms in total. The minimum absolute atomic E-state index is 0.0173. The highest BCUT2D eigenvalue weighted by Gasteiger charge is 2.25. The fourth-order valence-corrected chi connectivity index (χ4v) is 7.34. The van der Waals surface area contributed by atoms with E-state index in [1.54, 1.807) is 35.2 Å². The van der Waals surface area contributed by atoms with Crippen LogP contribution in [0.1, 0.15) is 17.5 Å². The summed E-state index contributed by atoms with van der Waals surface area (Å²) in [5.41, 5.74) is 2.09. The zero-order valence-electron chi connectivity index (χ0n) is 17.9. The summed E-state index contributed by atoms with van der Waals surface area (Å²) in [7, 11) is 1.98. The lowest BCUT2D eigenvalue weighted by Crippen LogP contribution is -2.36. The maximum atomic E-state index is 13.3. The first-order valence-electron chi connectivity index (χ1n) is 10.3. The fraction of sp³-hybridized carbons (Fsp3) is 0.167. The van der Waals surface area contributed by atoms with E-state index in [0.717, 1.165) is 35.4 Å². The van der Waals surface area contributed by atoms with Crippen LogP contribution in [0.15, 0.2) is 63.7 Å². The third kappa shape index (κ3) is 4.28. The van der Waals surface area contributed by atoms with Gasteiger partial charge in [0.2, 0.25) is 0 Å². The zero-order valence-corrected chi connectivity index (χ0v) is 21.1. The average molecular weight is 517 g/mol.